The largest absolute Gasteiger partial charge is 0.634 e. The van der Waals surface area contributed by atoms with E-state index < -0.39 is 0 Å². The monoisotopic (exact) mass is 195 g/mol. The predicted molar refractivity (Wildman–Crippen MR) is 55.8 cm³/mol. The lowest BCUT2D eigenvalue weighted by molar-refractivity contribution is -0.890. The number of quaternary nitrogens is 1. The Morgan fingerprint density at radius 1 is 0.857 bits per heavy atom. The smallest absolute Gasteiger partial charge is 0.0905 e. The first kappa shape index (κ1) is 9.17. The minimum Gasteiger partial charge on any atom is -0.634 e. The van der Waals surface area contributed by atoms with E-state index in [0.717, 1.165) is 24.3 Å². The summed E-state index contributed by atoms with van der Waals surface area (Å²) < 4.78 is 0. The Balaban J connectivity index is 1.84. The predicted octanol–water partition coefficient (Wildman–Crippen LogP) is 1.36. The minimum atomic E-state index is 0.493. The third-order valence-corrected chi connectivity index (χ3v) is 4.97. The summed E-state index contributed by atoms with van der Waals surface area (Å²) >= 11 is 0. The highest BCUT2D eigenvalue weighted by Crippen LogP contribution is 2.45. The van der Waals surface area contributed by atoms with Crippen LogP contribution in [0.2, 0.25) is 0 Å². The van der Waals surface area contributed by atoms with Gasteiger partial charge >= 0.3 is 0 Å². The summed E-state index contributed by atoms with van der Waals surface area (Å²) in [7, 11) is 0. The molecule has 0 spiro atoms. The van der Waals surface area contributed by atoms with E-state index in [9.17, 15) is 5.21 Å². The normalized spacial score (nSPS) is 52.5. The zero-order chi connectivity index (χ0) is 9.54. The zero-order valence-corrected chi connectivity index (χ0v) is 8.87. The molecule has 80 valence electrons. The fourth-order valence-electron chi connectivity index (χ4n) is 4.42. The van der Waals surface area contributed by atoms with E-state index in [1.54, 1.807) is 0 Å². The van der Waals surface area contributed by atoms with E-state index >= 15 is 0 Å². The van der Waals surface area contributed by atoms with Gasteiger partial charge in [0.1, 0.15) is 0 Å². The first-order valence-electron chi connectivity index (χ1n) is 6.39. The van der Waals surface area contributed by atoms with Crippen molar-refractivity contribution >= 4 is 0 Å². The fraction of sp³-hybridized carbons (Fsp3) is 1.00. The van der Waals surface area contributed by atoms with Crippen LogP contribution in [0.15, 0.2) is 0 Å². The summed E-state index contributed by atoms with van der Waals surface area (Å²) in [6.07, 6.45) is 9.46. The maximum atomic E-state index is 11.9. The molecule has 3 fully saturated rings. The van der Waals surface area contributed by atoms with Gasteiger partial charge in [-0.05, 0) is 43.9 Å². The highest BCUT2D eigenvalue weighted by atomic mass is 16.5. The van der Waals surface area contributed by atoms with Gasteiger partial charge in [0.05, 0.1) is 12.6 Å². The van der Waals surface area contributed by atoms with Crippen molar-refractivity contribution in [1.82, 2.24) is 0 Å². The van der Waals surface area contributed by atoms with Crippen molar-refractivity contribution in [2.24, 2.45) is 17.8 Å². The molecule has 2 aliphatic carbocycles. The number of rotatable bonds is 0. The summed E-state index contributed by atoms with van der Waals surface area (Å²) in [6.45, 7) is 0.901. The van der Waals surface area contributed by atoms with E-state index in [0.29, 0.717) is 11.1 Å². The van der Waals surface area contributed by atoms with Crippen LogP contribution in [0.5, 0.6) is 0 Å². The Hall–Kier alpha value is -0.0800. The standard InChI is InChI=1S/C12H21NO/c14-13-8-7-10-4-1-3-9-5-2-6-11(13)12(9)10/h9-13H,1-8H2. The Kier molecular flexibility index (Phi) is 2.29. The Bertz CT molecular complexity index is 210. The van der Waals surface area contributed by atoms with Gasteiger partial charge < -0.3 is 10.3 Å². The van der Waals surface area contributed by atoms with Crippen LogP contribution >= 0.6 is 0 Å². The molecule has 0 aromatic heterocycles. The Morgan fingerprint density at radius 3 is 2.29 bits per heavy atom. The maximum absolute atomic E-state index is 11.9. The van der Waals surface area contributed by atoms with Crippen LogP contribution in [-0.4, -0.2) is 12.6 Å². The van der Waals surface area contributed by atoms with Gasteiger partial charge in [-0.1, -0.05) is 6.42 Å². The molecule has 3 rings (SSSR count). The average Bonchev–Trinajstić information content (AvgIpc) is 2.24. The van der Waals surface area contributed by atoms with Crippen LogP contribution in [0.3, 0.4) is 0 Å². The first-order chi connectivity index (χ1) is 6.86. The quantitative estimate of drug-likeness (QED) is 0.581. The van der Waals surface area contributed by atoms with Crippen LogP contribution in [0.25, 0.3) is 0 Å². The molecule has 1 saturated heterocycles. The first-order valence-corrected chi connectivity index (χ1v) is 6.39. The lowest BCUT2D eigenvalue weighted by Gasteiger charge is -2.52. The number of hydrogen-bond donors (Lipinski definition) is 1. The molecule has 3 aliphatic rings. The average molecular weight is 195 g/mol. The van der Waals surface area contributed by atoms with Gasteiger partial charge in [-0.25, -0.2) is 0 Å². The summed E-state index contributed by atoms with van der Waals surface area (Å²) in [4.78, 5) is 0. The molecule has 1 N–H and O–H groups in total. The number of hydroxylamine groups is 2. The van der Waals surface area contributed by atoms with Crippen LogP contribution < -0.4 is 5.06 Å². The van der Waals surface area contributed by atoms with Crippen molar-refractivity contribution in [3.05, 3.63) is 5.21 Å². The summed E-state index contributed by atoms with van der Waals surface area (Å²) in [5.74, 6) is 2.67. The molecule has 2 saturated carbocycles. The van der Waals surface area contributed by atoms with Gasteiger partial charge in [-0.2, -0.15) is 0 Å². The second-order valence-corrected chi connectivity index (χ2v) is 5.57. The van der Waals surface area contributed by atoms with Crippen molar-refractivity contribution in [1.29, 1.82) is 0 Å². The van der Waals surface area contributed by atoms with Crippen LogP contribution in [0, 0.1) is 23.0 Å². The fourth-order valence-corrected chi connectivity index (χ4v) is 4.42. The molecular formula is C12H21NO. The summed E-state index contributed by atoms with van der Waals surface area (Å²) in [5.41, 5.74) is 0. The van der Waals surface area contributed by atoms with E-state index in [1.165, 1.54) is 44.9 Å². The van der Waals surface area contributed by atoms with Crippen molar-refractivity contribution in [3.8, 4) is 0 Å². The molecule has 2 nitrogen and oxygen atoms in total. The van der Waals surface area contributed by atoms with Gasteiger partial charge in [0, 0.05) is 12.3 Å². The highest BCUT2D eigenvalue weighted by Gasteiger charge is 2.46. The molecular weight excluding hydrogens is 174 g/mol. The molecule has 0 radical (unpaired) electrons. The second-order valence-electron chi connectivity index (χ2n) is 5.57. The highest BCUT2D eigenvalue weighted by molar-refractivity contribution is 4.91. The van der Waals surface area contributed by atoms with Crippen molar-refractivity contribution in [2.75, 3.05) is 6.54 Å². The van der Waals surface area contributed by atoms with Crippen molar-refractivity contribution < 1.29 is 5.06 Å². The van der Waals surface area contributed by atoms with Crippen LogP contribution in [-0.2, 0) is 0 Å². The zero-order valence-electron chi connectivity index (χ0n) is 8.87. The molecule has 0 amide bonds. The van der Waals surface area contributed by atoms with Crippen LogP contribution in [0.1, 0.15) is 44.9 Å². The molecule has 0 bridgehead atoms. The minimum absolute atomic E-state index is 0.493. The number of nitrogens with one attached hydrogen (secondary N) is 1. The Labute approximate surface area is 86.2 Å². The lowest BCUT2D eigenvalue weighted by Crippen LogP contribution is -3.14. The molecule has 2 heteroatoms. The molecule has 0 aromatic carbocycles. The Morgan fingerprint density at radius 2 is 1.50 bits per heavy atom. The van der Waals surface area contributed by atoms with E-state index in [2.05, 4.69) is 0 Å². The number of hydrogen-bond acceptors (Lipinski definition) is 1. The molecule has 1 aliphatic heterocycles. The van der Waals surface area contributed by atoms with Crippen LogP contribution in [0.4, 0.5) is 0 Å². The maximum Gasteiger partial charge on any atom is 0.0905 e. The molecule has 1 heterocycles. The van der Waals surface area contributed by atoms with Gasteiger partial charge in [0.2, 0.25) is 0 Å². The molecule has 5 atom stereocenters. The third kappa shape index (κ3) is 1.31. The van der Waals surface area contributed by atoms with E-state index in [1.807, 2.05) is 0 Å². The SMILES string of the molecule is [O-][NH+]1CCC2CCCC3CCCC1C32. The van der Waals surface area contributed by atoms with Gasteiger partial charge in [0.25, 0.3) is 0 Å². The lowest BCUT2D eigenvalue weighted by atomic mass is 9.61. The molecule has 14 heavy (non-hydrogen) atoms. The third-order valence-electron chi connectivity index (χ3n) is 4.97. The van der Waals surface area contributed by atoms with Crippen molar-refractivity contribution in [3.63, 3.8) is 0 Å². The van der Waals surface area contributed by atoms with E-state index in [-0.39, 0.29) is 0 Å². The van der Waals surface area contributed by atoms with Crippen molar-refractivity contribution in [2.45, 2.75) is 51.0 Å². The summed E-state index contributed by atoms with van der Waals surface area (Å²) in [6, 6.07) is 0.493. The molecule has 5 unspecified atom stereocenters. The van der Waals surface area contributed by atoms with Gasteiger partial charge in [-0.3, -0.25) is 0 Å². The molecule has 0 aromatic rings. The van der Waals surface area contributed by atoms with Gasteiger partial charge in [0.15, 0.2) is 0 Å². The second kappa shape index (κ2) is 3.49. The van der Waals surface area contributed by atoms with E-state index in [4.69, 9.17) is 0 Å². The summed E-state index contributed by atoms with van der Waals surface area (Å²) in [5, 5.41) is 12.5. The topological polar surface area (TPSA) is 27.5 Å². The number of piperidine rings is 1. The van der Waals surface area contributed by atoms with Gasteiger partial charge in [-0.15, -0.1) is 0 Å².